The number of carbonyl (C=O) groups is 1. The second kappa shape index (κ2) is 26.9. The first-order valence-electron chi connectivity index (χ1n) is 27.7. The second-order valence-electron chi connectivity index (χ2n) is 21.7. The largest absolute Gasteiger partial charge is 0.492 e. The number of aromatic hydroxyl groups is 2. The van der Waals surface area contributed by atoms with Gasteiger partial charge in [0.05, 0.1) is 96.7 Å². The maximum absolute atomic E-state index is 15.0. The number of hydrogen-bond acceptors (Lipinski definition) is 22. The van der Waals surface area contributed by atoms with E-state index in [4.69, 9.17) is 28.5 Å². The quantitative estimate of drug-likeness (QED) is 0.0185. The molecule has 7 N–H and O–H groups in total. The average molecular weight is 1360 g/mol. The number of benzene rings is 4. The summed E-state index contributed by atoms with van der Waals surface area (Å²) in [6.07, 6.45) is 1.37. The van der Waals surface area contributed by atoms with E-state index >= 15 is 0 Å². The monoisotopic (exact) mass is 1360 g/mol. The average Bonchev–Trinajstić information content (AvgIpc) is 1.52. The molecule has 2 aliphatic rings. The first-order chi connectivity index (χ1) is 42.1. The summed E-state index contributed by atoms with van der Waals surface area (Å²) in [6.45, 7) is 6.46. The van der Waals surface area contributed by atoms with E-state index in [1.807, 2.05) is 0 Å². The molecule has 0 fully saturated rings. The smallest absolute Gasteiger partial charge is 0.333 e. The number of fused-ring (bicyclic) bond motifs is 6. The van der Waals surface area contributed by atoms with Crippen molar-refractivity contribution < 1.29 is 113 Å². The molecule has 3 heterocycles. The van der Waals surface area contributed by atoms with Gasteiger partial charge in [-0.2, -0.15) is 46.7 Å². The summed E-state index contributed by atoms with van der Waals surface area (Å²) in [5, 5.41) is 18.7. The predicted molar refractivity (Wildman–Crippen MR) is 322 cm³/mol. The highest BCUT2D eigenvalue weighted by molar-refractivity contribution is 7.87. The normalized spacial score (nSPS) is 18.1. The minimum Gasteiger partial charge on any atom is -0.492 e. The first-order valence-corrected chi connectivity index (χ1v) is 35.1. The molecule has 5 aromatic carbocycles. The van der Waals surface area contributed by atoms with Gasteiger partial charge in [-0.05, 0) is 91.9 Å². The van der Waals surface area contributed by atoms with Gasteiger partial charge in [-0.25, -0.2) is 4.79 Å². The molecule has 3 atom stereocenters. The summed E-state index contributed by atoms with van der Waals surface area (Å²) >= 11 is 0. The topological polar surface area (TPSA) is 430 Å². The number of carbonyl (C=O) groups excluding carboxylic acids is 1. The van der Waals surface area contributed by atoms with E-state index in [1.54, 1.807) is 37.4 Å². The number of nitrogens with zero attached hydrogens (tertiary/aromatic N) is 3. The molecule has 29 nitrogen and oxygen atoms in total. The number of rotatable bonds is 31. The highest BCUT2D eigenvalue weighted by Crippen LogP contribution is 2.53. The Morgan fingerprint density at radius 1 is 0.611 bits per heavy atom. The van der Waals surface area contributed by atoms with Crippen LogP contribution in [-0.2, 0) is 89.9 Å². The van der Waals surface area contributed by atoms with Crippen LogP contribution in [0.3, 0.4) is 0 Å². The van der Waals surface area contributed by atoms with Gasteiger partial charge in [0.1, 0.15) is 16.3 Å². The number of aromatic nitrogens is 1. The highest BCUT2D eigenvalue weighted by atomic mass is 32.2. The van der Waals surface area contributed by atoms with Gasteiger partial charge in [0.2, 0.25) is 28.3 Å². The van der Waals surface area contributed by atoms with Gasteiger partial charge in [-0.3, -0.25) is 32.4 Å². The van der Waals surface area contributed by atoms with Crippen molar-refractivity contribution in [3.05, 3.63) is 103 Å². The Labute approximate surface area is 516 Å². The van der Waals surface area contributed by atoms with Gasteiger partial charge in [-0.15, -0.1) is 4.73 Å². The Hall–Kier alpha value is -6.61. The van der Waals surface area contributed by atoms with Gasteiger partial charge in [0.15, 0.2) is 5.71 Å². The Kier molecular flexibility index (Phi) is 20.7. The molecule has 90 heavy (non-hydrogen) atoms. The van der Waals surface area contributed by atoms with Crippen molar-refractivity contribution in [2.24, 2.45) is 0 Å². The van der Waals surface area contributed by atoms with E-state index in [-0.39, 0.29) is 122 Å². The molecule has 0 saturated heterocycles. The van der Waals surface area contributed by atoms with Crippen molar-refractivity contribution in [3.63, 3.8) is 0 Å². The third kappa shape index (κ3) is 14.7. The van der Waals surface area contributed by atoms with Crippen molar-refractivity contribution in [2.45, 2.75) is 89.3 Å². The van der Waals surface area contributed by atoms with Crippen molar-refractivity contribution in [1.29, 1.82) is 0 Å². The molecule has 6 aromatic rings. The van der Waals surface area contributed by atoms with Crippen LogP contribution in [0, 0.1) is 0 Å². The zero-order valence-corrected chi connectivity index (χ0v) is 52.9. The molecule has 0 amide bonds. The molecule has 2 aliphatic heterocycles. The molecule has 490 valence electrons. The number of methoxy groups -OCH3 is 1. The summed E-state index contributed by atoms with van der Waals surface area (Å²) < 4.78 is 208. The zero-order chi connectivity index (χ0) is 66.1. The zero-order valence-electron chi connectivity index (χ0n) is 48.8. The lowest BCUT2D eigenvalue weighted by Gasteiger charge is -2.35. The van der Waals surface area contributed by atoms with E-state index in [2.05, 4.69) is 0 Å². The first kappa shape index (κ1) is 69.3. The van der Waals surface area contributed by atoms with E-state index in [0.29, 0.717) is 43.3 Å². The number of likely N-dealkylation sites (N-methyl/N-ethyl adjacent to an activating group) is 1. The lowest BCUT2D eigenvalue weighted by molar-refractivity contribution is -0.437. The fourth-order valence-corrected chi connectivity index (χ4v) is 15.0. The molecule has 0 aliphatic carbocycles. The van der Waals surface area contributed by atoms with Crippen LogP contribution >= 0.6 is 0 Å². The minimum atomic E-state index is -5.26. The van der Waals surface area contributed by atoms with Crippen LogP contribution in [-0.4, -0.2) is 188 Å². The Morgan fingerprint density at radius 3 is 1.60 bits per heavy atom. The van der Waals surface area contributed by atoms with Gasteiger partial charge >= 0.3 is 5.97 Å². The number of hydrogen-bond donors (Lipinski definition) is 7. The van der Waals surface area contributed by atoms with Crippen molar-refractivity contribution in [3.8, 4) is 11.8 Å². The standard InChI is InChI=1S/C56H65N3O26S5/c1-5-57-42-11-9-36-38(28-34(87(68,69)70)30-44(36)89(74,75)76)51(42)55(2,15-7-27-86(65,66)67)46(57)32-40-53(63)41(54(40)64)33-47-56(3,16-18-81-21-22-83-25-26-84-24-23-82-20-19-80-4)52-39-29-35(88(71,72)73)31-45(90(77,78)79)37(39)10-12-43(52)58(47)17-6-8-50(62)85-59-48(60)13-14-49(59)61/h9-14,28-33,46H,5-8,15-27H2,1-4H3,(H6,63,64,65,66,67,68,69,70,71,72,73,74,75,76,77,78,79)/p+1. The lowest BCUT2D eigenvalue weighted by Crippen LogP contribution is -2.66. The third-order valence-corrected chi connectivity index (χ3v) is 20.1. The maximum atomic E-state index is 15.0. The number of ether oxygens (including phenoxy) is 5. The Morgan fingerprint density at radius 2 is 1.11 bits per heavy atom. The molecule has 34 heteroatoms. The second-order valence-corrected chi connectivity index (χ2v) is 28.9. The Balaban J connectivity index is 1.28. The molecule has 1 aromatic heterocycles. The molecule has 3 unspecified atom stereocenters. The van der Waals surface area contributed by atoms with Crippen LogP contribution in [0.4, 0.5) is 11.4 Å². The summed E-state index contributed by atoms with van der Waals surface area (Å²) in [5.74, 6) is -3.01. The molecule has 0 bridgehead atoms. The van der Waals surface area contributed by atoms with Crippen LogP contribution in [0.15, 0.2) is 89.8 Å². The molecule has 0 spiro atoms. The van der Waals surface area contributed by atoms with Gasteiger partial charge in [0.25, 0.3) is 50.6 Å². The van der Waals surface area contributed by atoms with E-state index in [1.165, 1.54) is 36.4 Å². The SMILES string of the molecule is CCN1c2ccc3c(S(=O)(=O)O)cc(S(=O)(=O)O)cc3c2C(C)(CCCS(=O)(=O)O)C1C=c1c(=O)c(=CC2=[N+](CCCC(=O)On3c(O)ccc3O)c3ccc4c(S(=O)(=O)O)cc(S(=O)(=O)O)cc4c3C2(C)CCOCCOCCOCCOCCOC)c1=O. The maximum Gasteiger partial charge on any atom is 0.333 e. The van der Waals surface area contributed by atoms with Crippen LogP contribution in [0.25, 0.3) is 33.7 Å². The minimum absolute atomic E-state index is 0.00791. The van der Waals surface area contributed by atoms with Crippen molar-refractivity contribution in [2.75, 3.05) is 90.3 Å². The van der Waals surface area contributed by atoms with E-state index in [0.717, 1.165) is 24.3 Å². The number of anilines is 1. The Bertz CT molecular complexity index is 4580. The molecular weight excluding hydrogens is 1290 g/mol. The highest BCUT2D eigenvalue weighted by Gasteiger charge is 2.51. The molecule has 0 saturated carbocycles. The summed E-state index contributed by atoms with van der Waals surface area (Å²) in [6, 6.07) is 9.39. The summed E-state index contributed by atoms with van der Waals surface area (Å²) in [7, 11) is -24.0. The van der Waals surface area contributed by atoms with Crippen LogP contribution in [0.2, 0.25) is 0 Å². The van der Waals surface area contributed by atoms with Crippen LogP contribution in [0.1, 0.15) is 64.0 Å². The van der Waals surface area contributed by atoms with Gasteiger partial charge < -0.3 is 43.6 Å². The molecular formula is C56H66N3O26S5+. The van der Waals surface area contributed by atoms with Crippen molar-refractivity contribution >= 4 is 107 Å². The fourth-order valence-electron chi connectivity index (χ4n) is 11.8. The van der Waals surface area contributed by atoms with E-state index in [9.17, 15) is 89.4 Å². The molecule has 8 rings (SSSR count). The lowest BCUT2D eigenvalue weighted by atomic mass is 9.73. The fraction of sp³-hybridized carbons (Fsp3) is 0.429. The summed E-state index contributed by atoms with van der Waals surface area (Å²) in [5.41, 5.74) is -3.98. The van der Waals surface area contributed by atoms with Crippen molar-refractivity contribution in [1.82, 2.24) is 4.73 Å². The van der Waals surface area contributed by atoms with Gasteiger partial charge in [0, 0.05) is 78.4 Å². The van der Waals surface area contributed by atoms with Crippen LogP contribution in [0.5, 0.6) is 11.8 Å². The van der Waals surface area contributed by atoms with Crippen LogP contribution < -0.4 is 31.0 Å². The van der Waals surface area contributed by atoms with E-state index < -0.39 is 138 Å². The summed E-state index contributed by atoms with van der Waals surface area (Å²) in [4.78, 5) is 46.3. The molecule has 0 radical (unpaired) electrons. The third-order valence-electron chi connectivity index (χ3n) is 15.9. The van der Waals surface area contributed by atoms with Gasteiger partial charge in [-0.1, -0.05) is 13.0 Å². The predicted octanol–water partition coefficient (Wildman–Crippen LogP) is 1.78.